The maximum absolute atomic E-state index is 12.9. The van der Waals surface area contributed by atoms with E-state index in [0.29, 0.717) is 26.4 Å². The molecule has 0 aromatic heterocycles. The van der Waals surface area contributed by atoms with Gasteiger partial charge in [0.05, 0.1) is 31.9 Å². The standard InChI is InChI=1S/C19H17NO4S2/c1-22-14-6-4-13(5-7-14)20-18(21)17(26-19(20)25)11-12-10-15(23-2)8-9-16(12)24-3/h4-11H,1-3H3/b17-11+. The van der Waals surface area contributed by atoms with Crippen molar-refractivity contribution in [3.05, 3.63) is 52.9 Å². The molecule has 134 valence electrons. The van der Waals surface area contributed by atoms with E-state index in [-0.39, 0.29) is 5.91 Å². The van der Waals surface area contributed by atoms with Crippen molar-refractivity contribution in [1.82, 2.24) is 0 Å². The third-order valence-corrected chi connectivity index (χ3v) is 5.15. The van der Waals surface area contributed by atoms with Crippen LogP contribution in [0.2, 0.25) is 0 Å². The molecule has 1 amide bonds. The molecular formula is C19H17NO4S2. The Kier molecular flexibility index (Phi) is 5.49. The van der Waals surface area contributed by atoms with E-state index in [4.69, 9.17) is 26.4 Å². The number of rotatable bonds is 5. The molecule has 26 heavy (non-hydrogen) atoms. The Bertz CT molecular complexity index is 878. The van der Waals surface area contributed by atoms with Crippen LogP contribution in [0.15, 0.2) is 47.4 Å². The van der Waals surface area contributed by atoms with Crippen LogP contribution in [0, 0.1) is 0 Å². The summed E-state index contributed by atoms with van der Waals surface area (Å²) >= 11 is 6.66. The molecule has 0 aliphatic carbocycles. The summed E-state index contributed by atoms with van der Waals surface area (Å²) in [7, 11) is 4.77. The molecule has 1 fully saturated rings. The van der Waals surface area contributed by atoms with Crippen LogP contribution in [0.3, 0.4) is 0 Å². The molecule has 3 rings (SSSR count). The van der Waals surface area contributed by atoms with Crippen LogP contribution in [0.1, 0.15) is 5.56 Å². The van der Waals surface area contributed by atoms with Crippen LogP contribution in [0.5, 0.6) is 17.2 Å². The highest BCUT2D eigenvalue weighted by molar-refractivity contribution is 8.27. The van der Waals surface area contributed by atoms with E-state index < -0.39 is 0 Å². The molecule has 1 heterocycles. The van der Waals surface area contributed by atoms with Gasteiger partial charge in [0.15, 0.2) is 4.32 Å². The minimum atomic E-state index is -0.171. The quantitative estimate of drug-likeness (QED) is 0.568. The number of anilines is 1. The molecule has 0 atom stereocenters. The van der Waals surface area contributed by atoms with E-state index in [0.717, 1.165) is 11.3 Å². The Morgan fingerprint density at radius 3 is 2.23 bits per heavy atom. The van der Waals surface area contributed by atoms with Crippen molar-refractivity contribution in [3.63, 3.8) is 0 Å². The van der Waals surface area contributed by atoms with E-state index in [2.05, 4.69) is 0 Å². The molecule has 0 saturated carbocycles. The minimum absolute atomic E-state index is 0.171. The second-order valence-electron chi connectivity index (χ2n) is 5.32. The van der Waals surface area contributed by atoms with E-state index in [1.807, 2.05) is 6.07 Å². The van der Waals surface area contributed by atoms with E-state index in [9.17, 15) is 4.79 Å². The Morgan fingerprint density at radius 1 is 0.962 bits per heavy atom. The number of amides is 1. The predicted octanol–water partition coefficient (Wildman–Crippen LogP) is 4.12. The highest BCUT2D eigenvalue weighted by Crippen LogP contribution is 2.38. The SMILES string of the molecule is COc1ccc(N2C(=O)/C(=C\c3cc(OC)ccc3OC)SC2=S)cc1. The minimum Gasteiger partial charge on any atom is -0.497 e. The monoisotopic (exact) mass is 387 g/mol. The first kappa shape index (κ1) is 18.3. The number of carbonyl (C=O) groups excluding carboxylic acids is 1. The molecule has 5 nitrogen and oxygen atoms in total. The summed E-state index contributed by atoms with van der Waals surface area (Å²) < 4.78 is 16.3. The van der Waals surface area contributed by atoms with Crippen molar-refractivity contribution < 1.29 is 19.0 Å². The van der Waals surface area contributed by atoms with Crippen LogP contribution in [0.25, 0.3) is 6.08 Å². The van der Waals surface area contributed by atoms with E-state index in [1.54, 1.807) is 63.8 Å². The zero-order valence-corrected chi connectivity index (χ0v) is 16.1. The first-order valence-corrected chi connectivity index (χ1v) is 8.94. The zero-order valence-electron chi connectivity index (χ0n) is 14.5. The van der Waals surface area contributed by atoms with Crippen molar-refractivity contribution in [2.45, 2.75) is 0 Å². The molecule has 0 radical (unpaired) electrons. The smallest absolute Gasteiger partial charge is 0.270 e. The maximum Gasteiger partial charge on any atom is 0.270 e. The van der Waals surface area contributed by atoms with Crippen molar-refractivity contribution in [2.75, 3.05) is 26.2 Å². The summed E-state index contributed by atoms with van der Waals surface area (Å²) in [5.74, 6) is 1.88. The molecule has 2 aromatic carbocycles. The number of carbonyl (C=O) groups is 1. The third kappa shape index (κ3) is 3.54. The van der Waals surface area contributed by atoms with E-state index in [1.165, 1.54) is 16.7 Å². The van der Waals surface area contributed by atoms with Gasteiger partial charge in [-0.2, -0.15) is 0 Å². The molecule has 1 saturated heterocycles. The highest BCUT2D eigenvalue weighted by Gasteiger charge is 2.33. The van der Waals surface area contributed by atoms with E-state index >= 15 is 0 Å². The number of thiocarbonyl (C=S) groups is 1. The van der Waals surface area contributed by atoms with Gasteiger partial charge >= 0.3 is 0 Å². The summed E-state index contributed by atoms with van der Waals surface area (Å²) in [4.78, 5) is 14.9. The van der Waals surface area contributed by atoms with Gasteiger partial charge in [-0.1, -0.05) is 24.0 Å². The molecular weight excluding hydrogens is 370 g/mol. The molecule has 1 aliphatic rings. The van der Waals surface area contributed by atoms with Crippen molar-refractivity contribution in [3.8, 4) is 17.2 Å². The molecule has 2 aromatic rings. The highest BCUT2D eigenvalue weighted by atomic mass is 32.2. The van der Waals surface area contributed by atoms with Crippen molar-refractivity contribution in [2.24, 2.45) is 0 Å². The lowest BCUT2D eigenvalue weighted by molar-refractivity contribution is -0.113. The normalized spacial score (nSPS) is 15.5. The summed E-state index contributed by atoms with van der Waals surface area (Å²) in [5, 5.41) is 0. The first-order chi connectivity index (χ1) is 12.6. The zero-order chi connectivity index (χ0) is 18.7. The lowest BCUT2D eigenvalue weighted by atomic mass is 10.1. The Labute approximate surface area is 161 Å². The van der Waals surface area contributed by atoms with Crippen LogP contribution in [-0.2, 0) is 4.79 Å². The molecule has 0 unspecified atom stereocenters. The number of methoxy groups -OCH3 is 3. The number of nitrogens with zero attached hydrogens (tertiary/aromatic N) is 1. The fourth-order valence-corrected chi connectivity index (χ4v) is 3.80. The second-order valence-corrected chi connectivity index (χ2v) is 7.00. The first-order valence-electron chi connectivity index (χ1n) is 7.71. The molecule has 1 aliphatic heterocycles. The van der Waals surface area contributed by atoms with Crippen molar-refractivity contribution >= 4 is 46.0 Å². The van der Waals surface area contributed by atoms with Gasteiger partial charge in [0.25, 0.3) is 5.91 Å². The van der Waals surface area contributed by atoms with Gasteiger partial charge in [0.1, 0.15) is 17.2 Å². The average molecular weight is 387 g/mol. The number of benzene rings is 2. The number of hydrogen-bond acceptors (Lipinski definition) is 6. The summed E-state index contributed by atoms with van der Waals surface area (Å²) in [6.07, 6.45) is 1.77. The maximum atomic E-state index is 12.9. The average Bonchev–Trinajstić information content (AvgIpc) is 2.95. The Balaban J connectivity index is 1.94. The number of ether oxygens (including phenoxy) is 3. The van der Waals surface area contributed by atoms with Crippen LogP contribution < -0.4 is 19.1 Å². The fraction of sp³-hybridized carbons (Fsp3) is 0.158. The van der Waals surface area contributed by atoms with Gasteiger partial charge in [0.2, 0.25) is 0 Å². The largest absolute Gasteiger partial charge is 0.497 e. The van der Waals surface area contributed by atoms with Gasteiger partial charge in [-0.05, 0) is 48.5 Å². The summed E-state index contributed by atoms with van der Waals surface area (Å²) in [5.41, 5.74) is 1.45. The van der Waals surface area contributed by atoms with Crippen LogP contribution in [-0.4, -0.2) is 31.6 Å². The van der Waals surface area contributed by atoms with Gasteiger partial charge in [0, 0.05) is 5.56 Å². The van der Waals surface area contributed by atoms with Crippen LogP contribution in [0.4, 0.5) is 5.69 Å². The molecule has 0 bridgehead atoms. The molecule has 7 heteroatoms. The molecule has 0 spiro atoms. The summed E-state index contributed by atoms with van der Waals surface area (Å²) in [6, 6.07) is 12.6. The number of thioether (sulfide) groups is 1. The summed E-state index contributed by atoms with van der Waals surface area (Å²) in [6.45, 7) is 0. The second kappa shape index (κ2) is 7.80. The van der Waals surface area contributed by atoms with Gasteiger partial charge in [-0.3, -0.25) is 9.69 Å². The van der Waals surface area contributed by atoms with Crippen molar-refractivity contribution in [1.29, 1.82) is 0 Å². The van der Waals surface area contributed by atoms with Gasteiger partial charge in [-0.15, -0.1) is 0 Å². The Morgan fingerprint density at radius 2 is 1.62 bits per heavy atom. The molecule has 0 N–H and O–H groups in total. The third-order valence-electron chi connectivity index (χ3n) is 3.85. The van der Waals surface area contributed by atoms with Crippen LogP contribution >= 0.6 is 24.0 Å². The van der Waals surface area contributed by atoms with Gasteiger partial charge in [-0.25, -0.2) is 0 Å². The lowest BCUT2D eigenvalue weighted by Gasteiger charge is -2.14. The number of hydrogen-bond donors (Lipinski definition) is 0. The fourth-order valence-electron chi connectivity index (χ4n) is 2.52. The topological polar surface area (TPSA) is 48.0 Å². The predicted molar refractivity (Wildman–Crippen MR) is 108 cm³/mol. The van der Waals surface area contributed by atoms with Gasteiger partial charge < -0.3 is 14.2 Å². The Hall–Kier alpha value is -2.51. The lowest BCUT2D eigenvalue weighted by Crippen LogP contribution is -2.27.